The van der Waals surface area contributed by atoms with Gasteiger partial charge in [0.2, 0.25) is 0 Å². The number of nitrogens with one attached hydrogen (secondary N) is 1. The lowest BCUT2D eigenvalue weighted by Crippen LogP contribution is -2.46. The maximum absolute atomic E-state index is 12.7. The Bertz CT molecular complexity index is 801. The zero-order valence-corrected chi connectivity index (χ0v) is 16.6. The van der Waals surface area contributed by atoms with Gasteiger partial charge in [-0.2, -0.15) is 0 Å². The predicted octanol–water partition coefficient (Wildman–Crippen LogP) is 4.44. The number of hydrogen-bond acceptors (Lipinski definition) is 4. The monoisotopic (exact) mass is 371 g/mol. The Morgan fingerprint density at radius 2 is 1.92 bits per heavy atom. The van der Waals surface area contributed by atoms with Gasteiger partial charge in [0.05, 0.1) is 5.57 Å². The molecule has 1 amide bonds. The lowest BCUT2D eigenvalue weighted by molar-refractivity contribution is -0.149. The van der Waals surface area contributed by atoms with Gasteiger partial charge in [0.1, 0.15) is 0 Å². The second kappa shape index (κ2) is 8.32. The second-order valence-electron chi connectivity index (χ2n) is 7.24. The van der Waals surface area contributed by atoms with E-state index in [-0.39, 0.29) is 11.4 Å². The molecule has 1 heterocycles. The summed E-state index contributed by atoms with van der Waals surface area (Å²) in [6.45, 7) is 9.23. The van der Waals surface area contributed by atoms with Crippen molar-refractivity contribution in [1.29, 1.82) is 0 Å². The van der Waals surface area contributed by atoms with Gasteiger partial charge in [0.25, 0.3) is 5.91 Å². The minimum Gasteiger partial charge on any atom is -0.449 e. The topological polar surface area (TPSA) is 55.4 Å². The highest BCUT2D eigenvalue weighted by Crippen LogP contribution is 2.25. The molecule has 0 bridgehead atoms. The van der Waals surface area contributed by atoms with Gasteiger partial charge < -0.3 is 10.1 Å². The van der Waals surface area contributed by atoms with E-state index in [1.54, 1.807) is 13.0 Å². The minimum atomic E-state index is -0.873. The summed E-state index contributed by atoms with van der Waals surface area (Å²) in [5.41, 5.74) is 2.08. The van der Waals surface area contributed by atoms with E-state index in [1.807, 2.05) is 69.5 Å². The van der Waals surface area contributed by atoms with Gasteiger partial charge >= 0.3 is 5.97 Å². The predicted molar refractivity (Wildman–Crippen MR) is 107 cm³/mol. The summed E-state index contributed by atoms with van der Waals surface area (Å²) in [5, 5.41) is 4.73. The number of rotatable bonds is 5. The van der Waals surface area contributed by atoms with Gasteiger partial charge in [-0.1, -0.05) is 35.9 Å². The minimum absolute atomic E-state index is 0.313. The first-order chi connectivity index (χ1) is 12.2. The fourth-order valence-electron chi connectivity index (χ4n) is 2.34. The van der Waals surface area contributed by atoms with Crippen LogP contribution in [0.3, 0.4) is 0 Å². The molecule has 0 saturated carbocycles. The summed E-state index contributed by atoms with van der Waals surface area (Å²) in [6, 6.07) is 11.6. The molecule has 26 heavy (non-hydrogen) atoms. The average molecular weight is 372 g/mol. The van der Waals surface area contributed by atoms with Crippen molar-refractivity contribution in [1.82, 2.24) is 5.32 Å². The fourth-order valence-corrected chi connectivity index (χ4v) is 3.07. The first-order valence-corrected chi connectivity index (χ1v) is 9.39. The molecule has 0 spiro atoms. The Hall–Kier alpha value is -2.40. The van der Waals surface area contributed by atoms with Gasteiger partial charge in [0, 0.05) is 10.4 Å². The van der Waals surface area contributed by atoms with E-state index in [2.05, 4.69) is 5.32 Å². The summed E-state index contributed by atoms with van der Waals surface area (Å²) >= 11 is 1.46. The van der Waals surface area contributed by atoms with Crippen molar-refractivity contribution in [2.45, 2.75) is 46.3 Å². The van der Waals surface area contributed by atoms with Crippen molar-refractivity contribution >= 4 is 34.9 Å². The Morgan fingerprint density at radius 3 is 2.50 bits per heavy atom. The molecule has 0 fully saturated rings. The number of carbonyl (C=O) groups excluding carboxylic acids is 2. The Kier molecular flexibility index (Phi) is 6.37. The molecule has 1 aromatic carbocycles. The molecule has 1 atom stereocenters. The van der Waals surface area contributed by atoms with Gasteiger partial charge in [-0.25, -0.2) is 4.79 Å². The van der Waals surface area contributed by atoms with Gasteiger partial charge in [-0.3, -0.25) is 4.79 Å². The van der Waals surface area contributed by atoms with Crippen LogP contribution in [0.5, 0.6) is 0 Å². The molecule has 2 aromatic rings. The van der Waals surface area contributed by atoms with E-state index in [9.17, 15) is 9.59 Å². The Labute approximate surface area is 158 Å². The SMILES string of the molecule is Cc1cccc(/C=C(/C(=O)O[C@@H](C)C(=O)NC(C)(C)C)c2cccs2)c1. The lowest BCUT2D eigenvalue weighted by atomic mass is 10.1. The zero-order valence-electron chi connectivity index (χ0n) is 15.8. The lowest BCUT2D eigenvalue weighted by Gasteiger charge is -2.23. The van der Waals surface area contributed by atoms with Crippen molar-refractivity contribution in [2.24, 2.45) is 0 Å². The molecule has 2 rings (SSSR count). The number of ether oxygens (including phenoxy) is 1. The fraction of sp³-hybridized carbons (Fsp3) is 0.333. The summed E-state index contributed by atoms with van der Waals surface area (Å²) < 4.78 is 5.43. The third-order valence-electron chi connectivity index (χ3n) is 3.51. The standard InChI is InChI=1S/C21H25NO3S/c1-14-8-6-9-16(12-14)13-17(18-10-7-11-26-18)20(24)25-15(2)19(23)22-21(3,4)5/h6-13,15H,1-5H3,(H,22,23)/b17-13+/t15-/m0/s1. The molecule has 138 valence electrons. The largest absolute Gasteiger partial charge is 0.449 e. The third-order valence-corrected chi connectivity index (χ3v) is 4.41. The Balaban J connectivity index is 2.24. The second-order valence-corrected chi connectivity index (χ2v) is 8.18. The quantitative estimate of drug-likeness (QED) is 0.624. The number of amides is 1. The van der Waals surface area contributed by atoms with Crippen LogP contribution in [0.1, 0.15) is 43.7 Å². The molecule has 0 aliphatic rings. The number of hydrogen-bond donors (Lipinski definition) is 1. The average Bonchev–Trinajstić information content (AvgIpc) is 3.05. The molecule has 4 nitrogen and oxygen atoms in total. The summed E-state index contributed by atoms with van der Waals surface area (Å²) in [6.07, 6.45) is 0.929. The number of benzene rings is 1. The highest BCUT2D eigenvalue weighted by atomic mass is 32.1. The first kappa shape index (κ1) is 19.9. The smallest absolute Gasteiger partial charge is 0.340 e. The molecule has 0 unspecified atom stereocenters. The Morgan fingerprint density at radius 1 is 1.19 bits per heavy atom. The summed E-state index contributed by atoms with van der Waals surface area (Å²) in [4.78, 5) is 25.8. The molecule has 0 radical (unpaired) electrons. The maximum atomic E-state index is 12.7. The van der Waals surface area contributed by atoms with Crippen LogP contribution in [0.2, 0.25) is 0 Å². The van der Waals surface area contributed by atoms with Crippen LogP contribution in [-0.4, -0.2) is 23.5 Å². The summed E-state index contributed by atoms with van der Waals surface area (Å²) in [5.74, 6) is -0.822. The summed E-state index contributed by atoms with van der Waals surface area (Å²) in [7, 11) is 0. The van der Waals surface area contributed by atoms with Crippen molar-refractivity contribution in [3.63, 3.8) is 0 Å². The van der Waals surface area contributed by atoms with E-state index in [0.717, 1.165) is 16.0 Å². The highest BCUT2D eigenvalue weighted by Gasteiger charge is 2.24. The molecule has 0 aliphatic carbocycles. The normalized spacial score (nSPS) is 13.2. The molecule has 0 aliphatic heterocycles. The number of thiophene rings is 1. The number of esters is 1. The van der Waals surface area contributed by atoms with Crippen LogP contribution < -0.4 is 5.32 Å². The van der Waals surface area contributed by atoms with Crippen LogP contribution in [-0.2, 0) is 14.3 Å². The van der Waals surface area contributed by atoms with E-state index < -0.39 is 12.1 Å². The van der Waals surface area contributed by atoms with Crippen LogP contribution in [0.25, 0.3) is 11.6 Å². The van der Waals surface area contributed by atoms with Gasteiger partial charge in [0.15, 0.2) is 6.10 Å². The van der Waals surface area contributed by atoms with E-state index in [1.165, 1.54) is 11.3 Å². The molecule has 1 aromatic heterocycles. The van der Waals surface area contributed by atoms with Crippen LogP contribution in [0, 0.1) is 6.92 Å². The highest BCUT2D eigenvalue weighted by molar-refractivity contribution is 7.11. The number of aryl methyl sites for hydroxylation is 1. The van der Waals surface area contributed by atoms with Gasteiger partial charge in [-0.15, -0.1) is 11.3 Å². The van der Waals surface area contributed by atoms with E-state index in [4.69, 9.17) is 4.74 Å². The third kappa shape index (κ3) is 5.85. The van der Waals surface area contributed by atoms with Crippen molar-refractivity contribution in [3.8, 4) is 0 Å². The van der Waals surface area contributed by atoms with Crippen LogP contribution >= 0.6 is 11.3 Å². The van der Waals surface area contributed by atoms with E-state index in [0.29, 0.717) is 5.57 Å². The molecule has 1 N–H and O–H groups in total. The maximum Gasteiger partial charge on any atom is 0.340 e. The molecule has 5 heteroatoms. The first-order valence-electron chi connectivity index (χ1n) is 8.51. The van der Waals surface area contributed by atoms with Crippen molar-refractivity contribution in [3.05, 3.63) is 57.8 Å². The van der Waals surface area contributed by atoms with Crippen LogP contribution in [0.15, 0.2) is 41.8 Å². The number of carbonyl (C=O) groups is 2. The zero-order chi connectivity index (χ0) is 19.3. The van der Waals surface area contributed by atoms with Crippen molar-refractivity contribution < 1.29 is 14.3 Å². The molecule has 0 saturated heterocycles. The molecular weight excluding hydrogens is 346 g/mol. The van der Waals surface area contributed by atoms with Crippen molar-refractivity contribution in [2.75, 3.05) is 0 Å². The molecular formula is C21H25NO3S. The van der Waals surface area contributed by atoms with Crippen LogP contribution in [0.4, 0.5) is 0 Å². The van der Waals surface area contributed by atoms with E-state index >= 15 is 0 Å². The van der Waals surface area contributed by atoms with Gasteiger partial charge in [-0.05, 0) is 57.7 Å².